The van der Waals surface area contributed by atoms with Gasteiger partial charge < -0.3 is 15.0 Å². The van der Waals surface area contributed by atoms with Gasteiger partial charge in [-0.25, -0.2) is 8.42 Å². The van der Waals surface area contributed by atoms with Gasteiger partial charge in [0.15, 0.2) is 0 Å². The lowest BCUT2D eigenvalue weighted by Gasteiger charge is -2.33. The summed E-state index contributed by atoms with van der Waals surface area (Å²) >= 11 is 18.5. The average Bonchev–Trinajstić information content (AvgIpc) is 3.03. The number of carbonyl (C=O) groups is 2. The second-order valence-electron chi connectivity index (χ2n) is 9.75. The molecular formula is C32H30Cl3N3O5S. The number of benzene rings is 4. The zero-order chi connectivity index (χ0) is 31.9. The number of carbonyl (C=O) groups excluding carboxylic acids is 2. The Morgan fingerprint density at radius 3 is 2.09 bits per heavy atom. The maximum Gasteiger partial charge on any atom is 0.264 e. The van der Waals surface area contributed by atoms with Crippen molar-refractivity contribution in [1.29, 1.82) is 0 Å². The van der Waals surface area contributed by atoms with Crippen molar-refractivity contribution >= 4 is 62.3 Å². The fraction of sp³-hybridized carbons (Fsp3) is 0.188. The summed E-state index contributed by atoms with van der Waals surface area (Å²) in [6.45, 7) is -0.655. The Hall–Kier alpha value is -3.76. The van der Waals surface area contributed by atoms with Gasteiger partial charge in [0.05, 0.1) is 27.7 Å². The number of anilines is 1. The van der Waals surface area contributed by atoms with Crippen molar-refractivity contribution in [3.8, 4) is 5.75 Å². The first-order valence-electron chi connectivity index (χ1n) is 13.4. The number of rotatable bonds is 12. The smallest absolute Gasteiger partial charge is 0.264 e. The average molecular weight is 675 g/mol. The van der Waals surface area contributed by atoms with E-state index in [0.717, 1.165) is 9.87 Å². The van der Waals surface area contributed by atoms with Crippen molar-refractivity contribution in [2.45, 2.75) is 23.9 Å². The molecule has 0 saturated heterocycles. The summed E-state index contributed by atoms with van der Waals surface area (Å²) in [7, 11) is -1.31. The summed E-state index contributed by atoms with van der Waals surface area (Å²) in [4.78, 5) is 29.0. The van der Waals surface area contributed by atoms with E-state index in [9.17, 15) is 18.0 Å². The maximum atomic E-state index is 14.3. The molecule has 4 aromatic carbocycles. The van der Waals surface area contributed by atoms with Crippen molar-refractivity contribution in [2.75, 3.05) is 25.0 Å². The van der Waals surface area contributed by atoms with Gasteiger partial charge in [-0.2, -0.15) is 0 Å². The molecule has 44 heavy (non-hydrogen) atoms. The molecule has 4 aromatic rings. The maximum absolute atomic E-state index is 14.3. The zero-order valence-electron chi connectivity index (χ0n) is 23.9. The van der Waals surface area contributed by atoms with Crippen molar-refractivity contribution in [1.82, 2.24) is 10.2 Å². The van der Waals surface area contributed by atoms with Crippen molar-refractivity contribution in [3.05, 3.63) is 123 Å². The van der Waals surface area contributed by atoms with E-state index in [1.807, 2.05) is 30.3 Å². The van der Waals surface area contributed by atoms with Crippen LogP contribution in [-0.2, 0) is 32.6 Å². The normalized spacial score (nSPS) is 11.8. The van der Waals surface area contributed by atoms with Gasteiger partial charge in [0, 0.05) is 25.0 Å². The van der Waals surface area contributed by atoms with Crippen molar-refractivity contribution < 1.29 is 22.7 Å². The molecule has 1 unspecified atom stereocenters. The number of halogens is 3. The van der Waals surface area contributed by atoms with Crippen LogP contribution in [0, 0.1) is 0 Å². The molecule has 0 fully saturated rings. The Morgan fingerprint density at radius 1 is 0.841 bits per heavy atom. The van der Waals surface area contributed by atoms with Crippen LogP contribution in [0.25, 0.3) is 0 Å². The van der Waals surface area contributed by atoms with Crippen LogP contribution in [0.15, 0.2) is 102 Å². The van der Waals surface area contributed by atoms with Gasteiger partial charge in [-0.3, -0.25) is 13.9 Å². The van der Waals surface area contributed by atoms with Crippen LogP contribution in [-0.4, -0.2) is 51.9 Å². The number of likely N-dealkylation sites (N-methyl/N-ethyl adjacent to an activating group) is 1. The van der Waals surface area contributed by atoms with Crippen molar-refractivity contribution in [2.24, 2.45) is 0 Å². The first-order valence-corrected chi connectivity index (χ1v) is 16.0. The fourth-order valence-electron chi connectivity index (χ4n) is 4.57. The molecular weight excluding hydrogens is 645 g/mol. The molecule has 0 saturated carbocycles. The van der Waals surface area contributed by atoms with Crippen LogP contribution in [0.5, 0.6) is 5.75 Å². The molecule has 230 valence electrons. The van der Waals surface area contributed by atoms with Crippen LogP contribution in [0.1, 0.15) is 11.1 Å². The molecule has 0 radical (unpaired) electrons. The second-order valence-corrected chi connectivity index (χ2v) is 12.9. The Morgan fingerprint density at radius 2 is 1.50 bits per heavy atom. The van der Waals surface area contributed by atoms with Crippen LogP contribution in [0.2, 0.25) is 15.1 Å². The molecule has 12 heteroatoms. The third kappa shape index (κ3) is 8.04. The minimum Gasteiger partial charge on any atom is -0.497 e. The number of nitrogens with one attached hydrogen (secondary N) is 1. The van der Waals surface area contributed by atoms with E-state index in [-0.39, 0.29) is 28.6 Å². The highest BCUT2D eigenvalue weighted by Gasteiger charge is 2.34. The summed E-state index contributed by atoms with van der Waals surface area (Å²) in [6, 6.07) is 25.1. The molecule has 0 aliphatic carbocycles. The monoisotopic (exact) mass is 673 g/mol. The summed E-state index contributed by atoms with van der Waals surface area (Å²) in [5.41, 5.74) is 1.63. The number of nitrogens with zero attached hydrogens (tertiary/aromatic N) is 2. The molecule has 0 bridgehead atoms. The second kappa shape index (κ2) is 14.8. The lowest BCUT2D eigenvalue weighted by atomic mass is 10.0. The number of methoxy groups -OCH3 is 1. The van der Waals surface area contributed by atoms with Gasteiger partial charge in [-0.1, -0.05) is 71.2 Å². The van der Waals surface area contributed by atoms with E-state index in [1.165, 1.54) is 67.6 Å². The van der Waals surface area contributed by atoms with Crippen molar-refractivity contribution in [3.63, 3.8) is 0 Å². The Balaban J connectivity index is 1.79. The van der Waals surface area contributed by atoms with Gasteiger partial charge >= 0.3 is 0 Å². The molecule has 4 rings (SSSR count). The van der Waals surface area contributed by atoms with Gasteiger partial charge in [0.2, 0.25) is 11.8 Å². The Labute approximate surface area is 272 Å². The van der Waals surface area contributed by atoms with Crippen LogP contribution < -0.4 is 14.4 Å². The fourth-order valence-corrected chi connectivity index (χ4v) is 6.43. The molecule has 0 aliphatic heterocycles. The van der Waals surface area contributed by atoms with E-state index in [2.05, 4.69) is 5.32 Å². The molecule has 0 spiro atoms. The summed E-state index contributed by atoms with van der Waals surface area (Å²) in [5.74, 6) is -0.564. The van der Waals surface area contributed by atoms with E-state index in [4.69, 9.17) is 39.5 Å². The molecule has 2 amide bonds. The summed E-state index contributed by atoms with van der Waals surface area (Å²) in [6.07, 6.45) is 0.180. The third-order valence-electron chi connectivity index (χ3n) is 6.90. The quantitative estimate of drug-likeness (QED) is 0.192. The molecule has 8 nitrogen and oxygen atoms in total. The number of amides is 2. The molecule has 0 aliphatic rings. The summed E-state index contributed by atoms with van der Waals surface area (Å²) in [5, 5.41) is 3.65. The number of ether oxygens (including phenoxy) is 1. The van der Waals surface area contributed by atoms with Crippen LogP contribution in [0.4, 0.5) is 5.69 Å². The Bertz CT molecular complexity index is 1700. The number of sulfonamides is 1. The predicted octanol–water partition coefficient (Wildman–Crippen LogP) is 6.24. The highest BCUT2D eigenvalue weighted by Crippen LogP contribution is 2.28. The van der Waals surface area contributed by atoms with Crippen LogP contribution in [0.3, 0.4) is 0 Å². The van der Waals surface area contributed by atoms with E-state index < -0.39 is 34.4 Å². The topological polar surface area (TPSA) is 96.0 Å². The number of hydrogen-bond acceptors (Lipinski definition) is 5. The largest absolute Gasteiger partial charge is 0.497 e. The molecule has 0 heterocycles. The predicted molar refractivity (Wildman–Crippen MR) is 174 cm³/mol. The lowest BCUT2D eigenvalue weighted by Crippen LogP contribution is -2.53. The standard InChI is InChI=1S/C32H30Cl3N3O5S/c1-36-32(40)30(19-22-6-4-3-5-7-22)37(20-23-8-17-28(34)29(35)18-23)31(39)21-38(25-11-9-24(33)10-12-25)44(41,42)27-15-13-26(43-2)14-16-27/h3-18,30H,19-21H2,1-2H3,(H,36,40). The zero-order valence-corrected chi connectivity index (χ0v) is 27.0. The first kappa shape index (κ1) is 33.1. The lowest BCUT2D eigenvalue weighted by molar-refractivity contribution is -0.139. The third-order valence-corrected chi connectivity index (χ3v) is 9.67. The highest BCUT2D eigenvalue weighted by atomic mass is 35.5. The van der Waals surface area contributed by atoms with Crippen LogP contribution >= 0.6 is 34.8 Å². The molecule has 0 aromatic heterocycles. The van der Waals surface area contributed by atoms with E-state index in [0.29, 0.717) is 21.4 Å². The van der Waals surface area contributed by atoms with E-state index >= 15 is 0 Å². The van der Waals surface area contributed by atoms with Gasteiger partial charge in [0.25, 0.3) is 10.0 Å². The molecule has 1 atom stereocenters. The SMILES string of the molecule is CNC(=O)C(Cc1ccccc1)N(Cc1ccc(Cl)c(Cl)c1)C(=O)CN(c1ccc(Cl)cc1)S(=O)(=O)c1ccc(OC)cc1. The van der Waals surface area contributed by atoms with Gasteiger partial charge in [-0.15, -0.1) is 0 Å². The minimum absolute atomic E-state index is 0.0440. The molecule has 1 N–H and O–H groups in total. The van der Waals surface area contributed by atoms with Gasteiger partial charge in [-0.05, 0) is 71.8 Å². The first-order chi connectivity index (χ1) is 21.0. The number of hydrogen-bond donors (Lipinski definition) is 1. The minimum atomic E-state index is -4.27. The summed E-state index contributed by atoms with van der Waals surface area (Å²) < 4.78 is 34.2. The van der Waals surface area contributed by atoms with E-state index in [1.54, 1.807) is 18.2 Å². The highest BCUT2D eigenvalue weighted by molar-refractivity contribution is 7.92. The Kier molecular flexibility index (Phi) is 11.2. The van der Waals surface area contributed by atoms with Gasteiger partial charge in [0.1, 0.15) is 18.3 Å².